The number of nitrogens with zero attached hydrogens (tertiary/aromatic N) is 1. The van der Waals surface area contributed by atoms with E-state index in [0.717, 1.165) is 35.3 Å². The lowest BCUT2D eigenvalue weighted by atomic mass is 9.95. The molecule has 94 valence electrons. The Balaban J connectivity index is 2.02. The molecule has 0 aromatic carbocycles. The standard InChI is InChI=1S/C13H18BrNOS/c1-10-5-8-17-12(10)13(16)15-7-2-3-11(9-15)4-6-14/h5,8,11H,2-4,6-7,9H2,1H3. The summed E-state index contributed by atoms with van der Waals surface area (Å²) in [5.41, 5.74) is 1.11. The highest BCUT2D eigenvalue weighted by atomic mass is 79.9. The van der Waals surface area contributed by atoms with Crippen molar-refractivity contribution in [3.8, 4) is 0 Å². The quantitative estimate of drug-likeness (QED) is 0.779. The average molecular weight is 316 g/mol. The van der Waals surface area contributed by atoms with Gasteiger partial charge >= 0.3 is 0 Å². The summed E-state index contributed by atoms with van der Waals surface area (Å²) >= 11 is 5.06. The zero-order chi connectivity index (χ0) is 12.3. The molecule has 1 unspecified atom stereocenters. The maximum Gasteiger partial charge on any atom is 0.264 e. The molecule has 0 spiro atoms. The van der Waals surface area contributed by atoms with Gasteiger partial charge in [0, 0.05) is 18.4 Å². The van der Waals surface area contributed by atoms with Gasteiger partial charge in [0.1, 0.15) is 0 Å². The molecule has 1 saturated heterocycles. The van der Waals surface area contributed by atoms with E-state index in [1.54, 1.807) is 11.3 Å². The van der Waals surface area contributed by atoms with Gasteiger partial charge in [-0.1, -0.05) is 15.9 Å². The van der Waals surface area contributed by atoms with Gasteiger partial charge in [0.2, 0.25) is 0 Å². The Labute approximate surface area is 115 Å². The number of likely N-dealkylation sites (tertiary alicyclic amines) is 1. The van der Waals surface area contributed by atoms with E-state index >= 15 is 0 Å². The van der Waals surface area contributed by atoms with E-state index in [9.17, 15) is 4.79 Å². The molecule has 2 rings (SSSR count). The molecule has 4 heteroatoms. The molecule has 0 aliphatic carbocycles. The highest BCUT2D eigenvalue weighted by Crippen LogP contribution is 2.24. The number of thiophene rings is 1. The monoisotopic (exact) mass is 315 g/mol. The van der Waals surface area contributed by atoms with Gasteiger partial charge in [-0.15, -0.1) is 11.3 Å². The molecule has 1 aliphatic rings. The third-order valence-corrected chi connectivity index (χ3v) is 4.84. The molecule has 1 atom stereocenters. The summed E-state index contributed by atoms with van der Waals surface area (Å²) in [6.07, 6.45) is 3.58. The minimum Gasteiger partial charge on any atom is -0.338 e. The lowest BCUT2D eigenvalue weighted by molar-refractivity contribution is 0.0676. The first kappa shape index (κ1) is 13.1. The number of aryl methyl sites for hydroxylation is 1. The second-order valence-corrected chi connectivity index (χ2v) is 6.38. The minimum absolute atomic E-state index is 0.233. The third kappa shape index (κ3) is 3.10. The normalized spacial score (nSPS) is 20.6. The van der Waals surface area contributed by atoms with Gasteiger partial charge in [0.15, 0.2) is 0 Å². The number of halogens is 1. The first-order valence-electron chi connectivity index (χ1n) is 6.11. The van der Waals surface area contributed by atoms with Crippen molar-refractivity contribution < 1.29 is 4.79 Å². The zero-order valence-corrected chi connectivity index (χ0v) is 12.5. The molecule has 1 fully saturated rings. The van der Waals surface area contributed by atoms with E-state index in [1.165, 1.54) is 12.8 Å². The molecule has 17 heavy (non-hydrogen) atoms. The molecule has 1 aromatic heterocycles. The second-order valence-electron chi connectivity index (χ2n) is 4.67. The molecular formula is C13H18BrNOS. The number of piperidine rings is 1. The maximum absolute atomic E-state index is 12.4. The fraction of sp³-hybridized carbons (Fsp3) is 0.615. The first-order valence-corrected chi connectivity index (χ1v) is 8.12. The van der Waals surface area contributed by atoms with E-state index in [0.29, 0.717) is 5.92 Å². The number of carbonyl (C=O) groups is 1. The summed E-state index contributed by atoms with van der Waals surface area (Å²) < 4.78 is 0. The van der Waals surface area contributed by atoms with Crippen molar-refractivity contribution in [2.45, 2.75) is 26.2 Å². The van der Waals surface area contributed by atoms with Crippen LogP contribution in [0.3, 0.4) is 0 Å². The first-order chi connectivity index (χ1) is 8.22. The van der Waals surface area contributed by atoms with Crippen molar-refractivity contribution in [3.05, 3.63) is 21.9 Å². The number of rotatable bonds is 3. The fourth-order valence-electron chi connectivity index (χ4n) is 2.37. The highest BCUT2D eigenvalue weighted by Gasteiger charge is 2.25. The van der Waals surface area contributed by atoms with Gasteiger partial charge in [0.25, 0.3) is 5.91 Å². The van der Waals surface area contributed by atoms with Crippen LogP contribution in [0.25, 0.3) is 0 Å². The van der Waals surface area contributed by atoms with Gasteiger partial charge in [-0.05, 0) is 49.1 Å². The number of amides is 1. The Kier molecular flexibility index (Phi) is 4.62. The molecule has 1 aromatic rings. The second kappa shape index (κ2) is 6.01. The van der Waals surface area contributed by atoms with Crippen molar-refractivity contribution in [2.24, 2.45) is 5.92 Å². The van der Waals surface area contributed by atoms with Crippen molar-refractivity contribution in [1.29, 1.82) is 0 Å². The molecular weight excluding hydrogens is 298 g/mol. The van der Waals surface area contributed by atoms with Crippen LogP contribution in [0, 0.1) is 12.8 Å². The van der Waals surface area contributed by atoms with Crippen LogP contribution in [0.15, 0.2) is 11.4 Å². The summed E-state index contributed by atoms with van der Waals surface area (Å²) in [4.78, 5) is 15.3. The molecule has 0 radical (unpaired) electrons. The minimum atomic E-state index is 0.233. The van der Waals surface area contributed by atoms with Crippen LogP contribution in [0.4, 0.5) is 0 Å². The van der Waals surface area contributed by atoms with Gasteiger partial charge in [-0.3, -0.25) is 4.79 Å². The molecule has 0 N–H and O–H groups in total. The molecule has 1 amide bonds. The maximum atomic E-state index is 12.4. The van der Waals surface area contributed by atoms with Crippen molar-refractivity contribution >= 4 is 33.2 Å². The molecule has 0 saturated carbocycles. The van der Waals surface area contributed by atoms with E-state index < -0.39 is 0 Å². The number of hydrogen-bond donors (Lipinski definition) is 0. The van der Waals surface area contributed by atoms with E-state index in [2.05, 4.69) is 15.9 Å². The fourth-order valence-corrected chi connectivity index (χ4v) is 3.91. The Bertz CT molecular complexity index is 389. The van der Waals surface area contributed by atoms with E-state index in [4.69, 9.17) is 0 Å². The summed E-state index contributed by atoms with van der Waals surface area (Å²) in [5.74, 6) is 0.907. The van der Waals surface area contributed by atoms with Crippen LogP contribution < -0.4 is 0 Å². The van der Waals surface area contributed by atoms with Crippen LogP contribution in [-0.4, -0.2) is 29.2 Å². The van der Waals surface area contributed by atoms with Crippen LogP contribution in [0.5, 0.6) is 0 Å². The van der Waals surface area contributed by atoms with Crippen molar-refractivity contribution in [1.82, 2.24) is 4.90 Å². The van der Waals surface area contributed by atoms with Crippen LogP contribution in [-0.2, 0) is 0 Å². The van der Waals surface area contributed by atoms with Crippen LogP contribution in [0.2, 0.25) is 0 Å². The van der Waals surface area contributed by atoms with Gasteiger partial charge < -0.3 is 4.90 Å². The topological polar surface area (TPSA) is 20.3 Å². The van der Waals surface area contributed by atoms with E-state index in [1.807, 2.05) is 23.3 Å². The Morgan fingerprint density at radius 3 is 3.12 bits per heavy atom. The highest BCUT2D eigenvalue weighted by molar-refractivity contribution is 9.09. The van der Waals surface area contributed by atoms with Gasteiger partial charge in [-0.2, -0.15) is 0 Å². The average Bonchev–Trinajstić information content (AvgIpc) is 2.75. The summed E-state index contributed by atoms with van der Waals surface area (Å²) in [5, 5.41) is 3.04. The Morgan fingerprint density at radius 2 is 2.47 bits per heavy atom. The van der Waals surface area contributed by atoms with E-state index in [-0.39, 0.29) is 5.91 Å². The van der Waals surface area contributed by atoms with Crippen LogP contribution >= 0.6 is 27.3 Å². The number of carbonyl (C=O) groups excluding carboxylic acids is 1. The summed E-state index contributed by atoms with van der Waals surface area (Å²) in [6.45, 7) is 3.88. The number of hydrogen-bond acceptors (Lipinski definition) is 2. The largest absolute Gasteiger partial charge is 0.338 e. The zero-order valence-electron chi connectivity index (χ0n) is 10.1. The SMILES string of the molecule is Cc1ccsc1C(=O)N1CCCC(CCBr)C1. The summed E-state index contributed by atoms with van der Waals surface area (Å²) in [7, 11) is 0. The number of alkyl halides is 1. The lowest BCUT2D eigenvalue weighted by Crippen LogP contribution is -2.39. The predicted octanol–water partition coefficient (Wildman–Crippen LogP) is 3.69. The van der Waals surface area contributed by atoms with Gasteiger partial charge in [-0.25, -0.2) is 0 Å². The van der Waals surface area contributed by atoms with Crippen molar-refractivity contribution in [3.63, 3.8) is 0 Å². The smallest absolute Gasteiger partial charge is 0.264 e. The Hall–Kier alpha value is -0.350. The van der Waals surface area contributed by atoms with Crippen LogP contribution in [0.1, 0.15) is 34.5 Å². The van der Waals surface area contributed by atoms with Crippen molar-refractivity contribution in [2.75, 3.05) is 18.4 Å². The molecule has 2 heterocycles. The lowest BCUT2D eigenvalue weighted by Gasteiger charge is -2.32. The predicted molar refractivity (Wildman–Crippen MR) is 76.1 cm³/mol. The molecule has 2 nitrogen and oxygen atoms in total. The van der Waals surface area contributed by atoms with Gasteiger partial charge in [0.05, 0.1) is 4.88 Å². The molecule has 0 bridgehead atoms. The molecule has 1 aliphatic heterocycles. The summed E-state index contributed by atoms with van der Waals surface area (Å²) in [6, 6.07) is 2.03. The Morgan fingerprint density at radius 1 is 1.65 bits per heavy atom. The third-order valence-electron chi connectivity index (χ3n) is 3.38.